The lowest BCUT2D eigenvalue weighted by Crippen LogP contribution is -2.21. The van der Waals surface area contributed by atoms with Gasteiger partial charge in [0.15, 0.2) is 0 Å². The van der Waals surface area contributed by atoms with Crippen LogP contribution < -0.4 is 10.1 Å². The number of carbonyl (C=O) groups excluding carboxylic acids is 1. The summed E-state index contributed by atoms with van der Waals surface area (Å²) in [5.41, 5.74) is 3.86. The highest BCUT2D eigenvalue weighted by Gasteiger charge is 2.12. The fourth-order valence-corrected chi connectivity index (χ4v) is 2.73. The maximum Gasteiger partial charge on any atom is 0.224 e. The first kappa shape index (κ1) is 17.6. The zero-order valence-corrected chi connectivity index (χ0v) is 14.9. The summed E-state index contributed by atoms with van der Waals surface area (Å²) in [5.74, 6) is 0.540. The minimum Gasteiger partial charge on any atom is -0.487 e. The molecular formula is C18H19Cl2NO2. The largest absolute Gasteiger partial charge is 0.487 e. The topological polar surface area (TPSA) is 38.3 Å². The zero-order chi connectivity index (χ0) is 17.0. The Bertz CT molecular complexity index is 729. The third-order valence-corrected chi connectivity index (χ3v) is 4.42. The molecule has 0 unspecified atom stereocenters. The summed E-state index contributed by atoms with van der Waals surface area (Å²) in [5, 5.41) is 3.75. The highest BCUT2D eigenvalue weighted by Crippen LogP contribution is 2.30. The van der Waals surface area contributed by atoms with Crippen LogP contribution in [0.4, 0.5) is 0 Å². The molecule has 122 valence electrons. The first-order chi connectivity index (χ1) is 10.9. The number of ether oxygens (including phenoxy) is 1. The van der Waals surface area contributed by atoms with Crippen LogP contribution in [0.2, 0.25) is 10.0 Å². The van der Waals surface area contributed by atoms with Crippen LogP contribution in [0.15, 0.2) is 30.3 Å². The van der Waals surface area contributed by atoms with E-state index >= 15 is 0 Å². The summed E-state index contributed by atoms with van der Waals surface area (Å²) in [4.78, 5) is 11.6. The van der Waals surface area contributed by atoms with E-state index < -0.39 is 0 Å². The highest BCUT2D eigenvalue weighted by molar-refractivity contribution is 6.32. The molecule has 0 atom stereocenters. The number of hydrogen-bond acceptors (Lipinski definition) is 2. The molecule has 0 heterocycles. The Labute approximate surface area is 146 Å². The van der Waals surface area contributed by atoms with Gasteiger partial charge in [-0.25, -0.2) is 0 Å². The molecule has 0 fully saturated rings. The van der Waals surface area contributed by atoms with E-state index in [1.54, 1.807) is 13.1 Å². The summed E-state index contributed by atoms with van der Waals surface area (Å²) in [7, 11) is 1.61. The van der Waals surface area contributed by atoms with Crippen molar-refractivity contribution in [3.05, 3.63) is 62.6 Å². The lowest BCUT2D eigenvalue weighted by atomic mass is 10.0. The smallest absolute Gasteiger partial charge is 0.224 e. The molecule has 0 radical (unpaired) electrons. The average molecular weight is 352 g/mol. The van der Waals surface area contributed by atoms with E-state index in [1.807, 2.05) is 38.1 Å². The van der Waals surface area contributed by atoms with Gasteiger partial charge in [0.05, 0.1) is 11.4 Å². The number of aryl methyl sites for hydroxylation is 2. The Kier molecular flexibility index (Phi) is 5.91. The Morgan fingerprint density at radius 2 is 1.83 bits per heavy atom. The van der Waals surface area contributed by atoms with E-state index in [9.17, 15) is 4.79 Å². The van der Waals surface area contributed by atoms with Gasteiger partial charge in [0, 0.05) is 17.6 Å². The van der Waals surface area contributed by atoms with Crippen LogP contribution in [0.1, 0.15) is 22.3 Å². The van der Waals surface area contributed by atoms with Crippen molar-refractivity contribution in [1.29, 1.82) is 0 Å². The molecule has 5 heteroatoms. The van der Waals surface area contributed by atoms with Gasteiger partial charge in [0.2, 0.25) is 5.91 Å². The molecule has 2 rings (SSSR count). The number of carbonyl (C=O) groups is 1. The van der Waals surface area contributed by atoms with E-state index in [2.05, 4.69) is 5.32 Å². The normalized spacial score (nSPS) is 10.5. The SMILES string of the molecule is CNC(=O)Cc1cccc(Cl)c1COc1cc(C)c(C)cc1Cl. The number of likely N-dealkylation sites (N-methyl/N-ethyl adjacent to an activating group) is 1. The molecule has 0 saturated heterocycles. The van der Waals surface area contributed by atoms with Crippen LogP contribution >= 0.6 is 23.2 Å². The molecule has 0 saturated carbocycles. The maximum absolute atomic E-state index is 11.6. The van der Waals surface area contributed by atoms with Gasteiger partial charge in [-0.2, -0.15) is 0 Å². The van der Waals surface area contributed by atoms with Crippen molar-refractivity contribution in [2.24, 2.45) is 0 Å². The van der Waals surface area contributed by atoms with Gasteiger partial charge in [0.25, 0.3) is 0 Å². The third-order valence-electron chi connectivity index (χ3n) is 3.77. The molecule has 2 aromatic rings. The lowest BCUT2D eigenvalue weighted by Gasteiger charge is -2.14. The number of amides is 1. The van der Waals surface area contributed by atoms with E-state index in [0.29, 0.717) is 15.8 Å². The molecule has 0 aliphatic rings. The molecule has 0 aromatic heterocycles. The summed E-state index contributed by atoms with van der Waals surface area (Å²) >= 11 is 12.5. The van der Waals surface area contributed by atoms with Crippen LogP contribution in [0.25, 0.3) is 0 Å². The first-order valence-corrected chi connectivity index (χ1v) is 8.04. The molecule has 1 amide bonds. The minimum atomic E-state index is -0.0715. The first-order valence-electron chi connectivity index (χ1n) is 7.28. The Morgan fingerprint density at radius 1 is 1.13 bits per heavy atom. The molecule has 0 spiro atoms. The second-order valence-electron chi connectivity index (χ2n) is 5.38. The van der Waals surface area contributed by atoms with Gasteiger partial charge < -0.3 is 10.1 Å². The Balaban J connectivity index is 2.23. The fourth-order valence-electron chi connectivity index (χ4n) is 2.21. The van der Waals surface area contributed by atoms with Crippen LogP contribution in [0, 0.1) is 13.8 Å². The second kappa shape index (κ2) is 7.71. The molecule has 1 N–H and O–H groups in total. The summed E-state index contributed by atoms with van der Waals surface area (Å²) in [6.45, 7) is 4.26. The van der Waals surface area contributed by atoms with Crippen molar-refractivity contribution >= 4 is 29.1 Å². The highest BCUT2D eigenvalue weighted by atomic mass is 35.5. The maximum atomic E-state index is 11.6. The van der Waals surface area contributed by atoms with Crippen molar-refractivity contribution in [2.75, 3.05) is 7.05 Å². The molecule has 0 bridgehead atoms. The van der Waals surface area contributed by atoms with Crippen LogP contribution in [0.3, 0.4) is 0 Å². The third kappa shape index (κ3) is 4.40. The molecule has 3 nitrogen and oxygen atoms in total. The van der Waals surface area contributed by atoms with E-state index in [0.717, 1.165) is 22.3 Å². The van der Waals surface area contributed by atoms with Crippen molar-refractivity contribution in [3.8, 4) is 5.75 Å². The number of hydrogen-bond donors (Lipinski definition) is 1. The number of nitrogens with one attached hydrogen (secondary N) is 1. The molecular weight excluding hydrogens is 333 g/mol. The van der Waals surface area contributed by atoms with E-state index in [-0.39, 0.29) is 18.9 Å². The van der Waals surface area contributed by atoms with Crippen molar-refractivity contribution < 1.29 is 9.53 Å². The standard InChI is InChI=1S/C18H19Cl2NO2/c1-11-7-16(20)17(8-12(11)2)23-10-14-13(9-18(22)21-3)5-4-6-15(14)19/h4-8H,9-10H2,1-3H3,(H,21,22). The van der Waals surface area contributed by atoms with Crippen molar-refractivity contribution in [3.63, 3.8) is 0 Å². The minimum absolute atomic E-state index is 0.0715. The Hall–Kier alpha value is -1.71. The molecule has 23 heavy (non-hydrogen) atoms. The molecule has 2 aromatic carbocycles. The predicted octanol–water partition coefficient (Wildman–Crippen LogP) is 4.48. The number of benzene rings is 2. The predicted molar refractivity (Wildman–Crippen MR) is 94.5 cm³/mol. The number of rotatable bonds is 5. The van der Waals surface area contributed by atoms with Gasteiger partial charge in [0.1, 0.15) is 12.4 Å². The van der Waals surface area contributed by atoms with E-state index in [4.69, 9.17) is 27.9 Å². The van der Waals surface area contributed by atoms with Crippen LogP contribution in [0.5, 0.6) is 5.75 Å². The Morgan fingerprint density at radius 3 is 2.52 bits per heavy atom. The summed E-state index contributed by atoms with van der Waals surface area (Å²) in [6, 6.07) is 9.28. The monoisotopic (exact) mass is 351 g/mol. The van der Waals surface area contributed by atoms with Gasteiger partial charge in [-0.1, -0.05) is 35.3 Å². The van der Waals surface area contributed by atoms with Gasteiger partial charge in [-0.3, -0.25) is 4.79 Å². The molecule has 0 aliphatic carbocycles. The quantitative estimate of drug-likeness (QED) is 0.862. The van der Waals surface area contributed by atoms with Crippen molar-refractivity contribution in [2.45, 2.75) is 26.9 Å². The summed E-state index contributed by atoms with van der Waals surface area (Å²) in [6.07, 6.45) is 0.260. The summed E-state index contributed by atoms with van der Waals surface area (Å²) < 4.78 is 5.85. The molecule has 0 aliphatic heterocycles. The fraction of sp³-hybridized carbons (Fsp3) is 0.278. The van der Waals surface area contributed by atoms with E-state index in [1.165, 1.54) is 0 Å². The number of halogens is 2. The van der Waals surface area contributed by atoms with Crippen molar-refractivity contribution in [1.82, 2.24) is 5.32 Å². The van der Waals surface area contributed by atoms with Gasteiger partial charge in [-0.15, -0.1) is 0 Å². The lowest BCUT2D eigenvalue weighted by molar-refractivity contribution is -0.119. The van der Waals surface area contributed by atoms with Crippen LogP contribution in [-0.2, 0) is 17.8 Å². The van der Waals surface area contributed by atoms with Gasteiger partial charge in [-0.05, 0) is 48.7 Å². The zero-order valence-electron chi connectivity index (χ0n) is 13.4. The average Bonchev–Trinajstić information content (AvgIpc) is 2.51. The van der Waals surface area contributed by atoms with Gasteiger partial charge >= 0.3 is 0 Å². The van der Waals surface area contributed by atoms with Crippen LogP contribution in [-0.4, -0.2) is 13.0 Å². The second-order valence-corrected chi connectivity index (χ2v) is 6.20.